The molecule has 2 fully saturated rings. The highest BCUT2D eigenvalue weighted by atomic mass is 16.2. The lowest BCUT2D eigenvalue weighted by Gasteiger charge is -2.42. The Morgan fingerprint density at radius 2 is 1.88 bits per heavy atom. The maximum absolute atomic E-state index is 12.4. The third-order valence-corrected chi connectivity index (χ3v) is 5.49. The van der Waals surface area contributed by atoms with Crippen LogP contribution < -0.4 is 11.1 Å². The number of nitriles is 1. The maximum atomic E-state index is 12.4. The molecular formula is C19H34N4O. The van der Waals surface area contributed by atoms with Crippen molar-refractivity contribution in [2.24, 2.45) is 11.1 Å². The molecule has 0 aromatic carbocycles. The highest BCUT2D eigenvalue weighted by Gasteiger charge is 2.39. The lowest BCUT2D eigenvalue weighted by Crippen LogP contribution is -2.59. The van der Waals surface area contributed by atoms with Gasteiger partial charge in [-0.1, -0.05) is 40.0 Å². The van der Waals surface area contributed by atoms with E-state index in [2.05, 4.69) is 37.1 Å². The van der Waals surface area contributed by atoms with Gasteiger partial charge >= 0.3 is 0 Å². The number of likely N-dealkylation sites (tertiary alicyclic amines) is 1. The predicted molar refractivity (Wildman–Crippen MR) is 96.2 cm³/mol. The molecular weight excluding hydrogens is 300 g/mol. The minimum Gasteiger partial charge on any atom is -0.336 e. The molecule has 0 aromatic heterocycles. The molecule has 24 heavy (non-hydrogen) atoms. The highest BCUT2D eigenvalue weighted by Crippen LogP contribution is 2.29. The monoisotopic (exact) mass is 334 g/mol. The van der Waals surface area contributed by atoms with Gasteiger partial charge in [-0.25, -0.2) is 0 Å². The second-order valence-corrected chi connectivity index (χ2v) is 8.88. The molecule has 0 radical (unpaired) electrons. The highest BCUT2D eigenvalue weighted by molar-refractivity contribution is 5.82. The Balaban J connectivity index is 1.89. The molecule has 1 heterocycles. The molecule has 1 saturated heterocycles. The molecule has 1 aliphatic carbocycles. The number of nitrogens with one attached hydrogen (secondary N) is 1. The van der Waals surface area contributed by atoms with Gasteiger partial charge in [-0.2, -0.15) is 5.26 Å². The molecule has 136 valence electrons. The van der Waals surface area contributed by atoms with Crippen LogP contribution in [0.3, 0.4) is 0 Å². The molecule has 2 aliphatic rings. The second-order valence-electron chi connectivity index (χ2n) is 8.88. The first kappa shape index (κ1) is 19.2. The van der Waals surface area contributed by atoms with Crippen molar-refractivity contribution in [2.75, 3.05) is 13.1 Å². The molecule has 1 atom stereocenters. The molecule has 5 heteroatoms. The number of carbonyl (C=O) groups excluding carboxylic acids is 1. The molecule has 3 N–H and O–H groups in total. The summed E-state index contributed by atoms with van der Waals surface area (Å²) in [6, 6.07) is 2.50. The van der Waals surface area contributed by atoms with Crippen LogP contribution in [0.5, 0.6) is 0 Å². The van der Waals surface area contributed by atoms with Crippen molar-refractivity contribution in [2.45, 2.75) is 89.8 Å². The fourth-order valence-corrected chi connectivity index (χ4v) is 4.06. The van der Waals surface area contributed by atoms with Gasteiger partial charge < -0.3 is 16.0 Å². The minimum absolute atomic E-state index is 0.000902. The predicted octanol–water partition coefficient (Wildman–Crippen LogP) is 2.56. The quantitative estimate of drug-likeness (QED) is 0.828. The summed E-state index contributed by atoms with van der Waals surface area (Å²) >= 11 is 0. The van der Waals surface area contributed by atoms with Gasteiger partial charge in [-0.05, 0) is 37.5 Å². The molecule has 2 rings (SSSR count). The average molecular weight is 335 g/mol. The number of piperidine rings is 1. The topological polar surface area (TPSA) is 82.1 Å². The van der Waals surface area contributed by atoms with Crippen LogP contribution >= 0.6 is 0 Å². The Bertz CT molecular complexity index is 463. The fraction of sp³-hybridized carbons (Fsp3) is 0.895. The van der Waals surface area contributed by atoms with Crippen molar-refractivity contribution in [3.05, 3.63) is 0 Å². The molecule has 1 aliphatic heterocycles. The van der Waals surface area contributed by atoms with E-state index in [1.54, 1.807) is 0 Å². The maximum Gasteiger partial charge on any atom is 0.238 e. The van der Waals surface area contributed by atoms with E-state index in [0.29, 0.717) is 25.3 Å². The van der Waals surface area contributed by atoms with Gasteiger partial charge in [0.25, 0.3) is 0 Å². The van der Waals surface area contributed by atoms with Crippen molar-refractivity contribution in [3.8, 4) is 6.07 Å². The van der Waals surface area contributed by atoms with E-state index in [0.717, 1.165) is 13.1 Å². The van der Waals surface area contributed by atoms with Gasteiger partial charge in [0.2, 0.25) is 5.91 Å². The van der Waals surface area contributed by atoms with E-state index >= 15 is 0 Å². The zero-order valence-corrected chi connectivity index (χ0v) is 15.6. The van der Waals surface area contributed by atoms with Gasteiger partial charge in [0.05, 0.1) is 12.1 Å². The van der Waals surface area contributed by atoms with E-state index in [1.165, 1.54) is 32.1 Å². The molecule has 1 unspecified atom stereocenters. The summed E-state index contributed by atoms with van der Waals surface area (Å²) in [4.78, 5) is 15.0. The van der Waals surface area contributed by atoms with Crippen LogP contribution in [-0.2, 0) is 4.79 Å². The van der Waals surface area contributed by atoms with E-state index < -0.39 is 11.6 Å². The first-order valence-electron chi connectivity index (χ1n) is 9.48. The first-order chi connectivity index (χ1) is 11.2. The van der Waals surface area contributed by atoms with Crippen LogP contribution in [0.2, 0.25) is 0 Å². The Hall–Kier alpha value is -1.12. The van der Waals surface area contributed by atoms with Gasteiger partial charge in [-0.3, -0.25) is 4.79 Å². The molecule has 0 bridgehead atoms. The zero-order chi connectivity index (χ0) is 17.8. The average Bonchev–Trinajstić information content (AvgIpc) is 2.54. The number of amides is 1. The first-order valence-corrected chi connectivity index (χ1v) is 9.48. The largest absolute Gasteiger partial charge is 0.336 e. The summed E-state index contributed by atoms with van der Waals surface area (Å²) in [5.74, 6) is -0.183. The number of hydrogen-bond acceptors (Lipinski definition) is 4. The van der Waals surface area contributed by atoms with Crippen molar-refractivity contribution >= 4 is 5.91 Å². The van der Waals surface area contributed by atoms with Crippen LogP contribution in [-0.4, -0.2) is 41.5 Å². The minimum atomic E-state index is -0.738. The smallest absolute Gasteiger partial charge is 0.238 e. The summed E-state index contributed by atoms with van der Waals surface area (Å²) in [7, 11) is 0. The number of nitrogens with two attached hydrogens (primary N) is 1. The summed E-state index contributed by atoms with van der Waals surface area (Å²) in [5.41, 5.74) is 5.31. The van der Waals surface area contributed by atoms with Crippen molar-refractivity contribution in [3.63, 3.8) is 0 Å². The van der Waals surface area contributed by atoms with E-state index in [4.69, 9.17) is 5.73 Å². The molecule has 0 aromatic rings. The zero-order valence-electron chi connectivity index (χ0n) is 15.6. The van der Waals surface area contributed by atoms with Crippen LogP contribution in [0, 0.1) is 16.7 Å². The molecule has 5 nitrogen and oxygen atoms in total. The Labute approximate surface area is 147 Å². The second kappa shape index (κ2) is 7.84. The Morgan fingerprint density at radius 1 is 1.29 bits per heavy atom. The number of carbonyl (C=O) groups is 1. The summed E-state index contributed by atoms with van der Waals surface area (Å²) in [5, 5.41) is 12.7. The van der Waals surface area contributed by atoms with Crippen molar-refractivity contribution < 1.29 is 4.79 Å². The Kier molecular flexibility index (Phi) is 6.28. The standard InChI is InChI=1S/C19H34N4O/c1-18(2,3)13-16(21)17(24)22-19(14-20)9-11-23(12-10-19)15-7-5-4-6-8-15/h15-16H,4-13,21H2,1-3H3,(H,22,24). The summed E-state index contributed by atoms with van der Waals surface area (Å²) in [6.07, 6.45) is 8.58. The molecule has 0 spiro atoms. The van der Waals surface area contributed by atoms with Gasteiger partial charge in [-0.15, -0.1) is 0 Å². The lowest BCUT2D eigenvalue weighted by atomic mass is 9.84. The molecule has 1 amide bonds. The van der Waals surface area contributed by atoms with E-state index in [-0.39, 0.29) is 11.3 Å². The lowest BCUT2D eigenvalue weighted by molar-refractivity contribution is -0.125. The third kappa shape index (κ3) is 5.19. The third-order valence-electron chi connectivity index (χ3n) is 5.49. The normalized spacial score (nSPS) is 24.1. The van der Waals surface area contributed by atoms with Crippen LogP contribution in [0.15, 0.2) is 0 Å². The summed E-state index contributed by atoms with van der Waals surface area (Å²) < 4.78 is 0. The number of hydrogen-bond donors (Lipinski definition) is 2. The summed E-state index contributed by atoms with van der Waals surface area (Å²) in [6.45, 7) is 8.01. The number of rotatable bonds is 4. The SMILES string of the molecule is CC(C)(C)CC(N)C(=O)NC1(C#N)CCN(C2CCCCC2)CC1. The molecule has 1 saturated carbocycles. The van der Waals surface area contributed by atoms with Crippen LogP contribution in [0.25, 0.3) is 0 Å². The van der Waals surface area contributed by atoms with Gasteiger partial charge in [0, 0.05) is 19.1 Å². The van der Waals surface area contributed by atoms with Crippen molar-refractivity contribution in [1.82, 2.24) is 10.2 Å². The van der Waals surface area contributed by atoms with Crippen LogP contribution in [0.1, 0.15) is 72.1 Å². The van der Waals surface area contributed by atoms with Crippen LogP contribution in [0.4, 0.5) is 0 Å². The van der Waals surface area contributed by atoms with Crippen molar-refractivity contribution in [1.29, 1.82) is 5.26 Å². The van der Waals surface area contributed by atoms with E-state index in [9.17, 15) is 10.1 Å². The van der Waals surface area contributed by atoms with E-state index in [1.807, 2.05) is 0 Å². The Morgan fingerprint density at radius 3 is 2.38 bits per heavy atom. The fourth-order valence-electron chi connectivity index (χ4n) is 4.06. The van der Waals surface area contributed by atoms with Gasteiger partial charge in [0.15, 0.2) is 0 Å². The number of nitrogens with zero attached hydrogens (tertiary/aromatic N) is 2. The van der Waals surface area contributed by atoms with Gasteiger partial charge in [0.1, 0.15) is 5.54 Å².